The van der Waals surface area contributed by atoms with Crippen LogP contribution in [0, 0.1) is 0 Å². The molecular weight excluding hydrogens is 713 g/mol. The first-order valence-corrected chi connectivity index (χ1v) is 18.7. The molecule has 54 heavy (non-hydrogen) atoms. The van der Waals surface area contributed by atoms with Crippen molar-refractivity contribution in [2.45, 2.75) is 45.9 Å². The lowest BCUT2D eigenvalue weighted by atomic mass is 10.1. The zero-order valence-corrected chi connectivity index (χ0v) is 31.6. The number of nitrogens with zero attached hydrogens (tertiary/aromatic N) is 6. The molecule has 6 rings (SSSR count). The Morgan fingerprint density at radius 2 is 1.48 bits per heavy atom. The number of unbranched alkanes of at least 4 members (excludes halogenated alkanes) is 1. The highest BCUT2D eigenvalue weighted by Gasteiger charge is 2.24. The summed E-state index contributed by atoms with van der Waals surface area (Å²) in [5.41, 5.74) is 7.74. The van der Waals surface area contributed by atoms with Crippen molar-refractivity contribution < 1.29 is 28.5 Å². The lowest BCUT2D eigenvalue weighted by molar-refractivity contribution is -0.136. The highest BCUT2D eigenvalue weighted by molar-refractivity contribution is 7.11. The number of thiophene rings is 1. The Hall–Kier alpha value is -5.61. The number of aromatic amines is 1. The number of ether oxygens (including phenoxy) is 4. The highest BCUT2D eigenvalue weighted by Crippen LogP contribution is 2.29. The minimum Gasteiger partial charge on any atom is -0.497 e. The highest BCUT2D eigenvalue weighted by atomic mass is 32.1. The summed E-state index contributed by atoms with van der Waals surface area (Å²) in [5, 5.41) is 0. The van der Waals surface area contributed by atoms with E-state index in [-0.39, 0.29) is 24.2 Å². The van der Waals surface area contributed by atoms with Gasteiger partial charge >= 0.3 is 17.8 Å². The summed E-state index contributed by atoms with van der Waals surface area (Å²) in [6.07, 6.45) is 0.826. The van der Waals surface area contributed by atoms with Crippen LogP contribution < -0.4 is 30.5 Å². The standard InChI is InChI=1S/C38H46N8O7S/c1-4-5-20-52-37-41-34(45(21-26-6-10-28(50-2)11-7-26)22-27-8-12-29(51-3)13-9-27)33-35(42-37)46(38(49)40-33)24-31-15-14-30(54-31)23-43-16-18-44(19-17-43)32(47)25-53-36(39)48/h6-15H,4-5,16-25H2,1-3H3,(H2,39,48)(H,40,49). The second-order valence-electron chi connectivity index (χ2n) is 12.9. The smallest absolute Gasteiger partial charge is 0.405 e. The van der Waals surface area contributed by atoms with Gasteiger partial charge in [-0.2, -0.15) is 9.97 Å². The van der Waals surface area contributed by atoms with Crippen LogP contribution in [0.5, 0.6) is 17.5 Å². The number of anilines is 1. The van der Waals surface area contributed by atoms with E-state index in [2.05, 4.69) is 32.5 Å². The number of imidazole rings is 1. The zero-order valence-electron chi connectivity index (χ0n) is 30.8. The summed E-state index contributed by atoms with van der Waals surface area (Å²) in [6, 6.07) is 20.1. The van der Waals surface area contributed by atoms with Crippen molar-refractivity contribution >= 4 is 40.3 Å². The van der Waals surface area contributed by atoms with Crippen LogP contribution in [0.3, 0.4) is 0 Å². The van der Waals surface area contributed by atoms with Crippen LogP contribution in [0.15, 0.2) is 65.5 Å². The van der Waals surface area contributed by atoms with Gasteiger partial charge in [-0.3, -0.25) is 14.3 Å². The first-order chi connectivity index (χ1) is 26.2. The van der Waals surface area contributed by atoms with E-state index < -0.39 is 6.09 Å². The molecule has 1 aliphatic heterocycles. The van der Waals surface area contributed by atoms with Gasteiger partial charge < -0.3 is 39.5 Å². The fourth-order valence-corrected chi connectivity index (χ4v) is 7.25. The Morgan fingerprint density at radius 1 is 0.870 bits per heavy atom. The molecule has 15 nitrogen and oxygen atoms in total. The third-order valence-corrected chi connectivity index (χ3v) is 10.2. The topological polar surface area (TPSA) is 170 Å². The fraction of sp³-hybridized carbons (Fsp3) is 0.395. The summed E-state index contributed by atoms with van der Waals surface area (Å²) in [4.78, 5) is 57.9. The monoisotopic (exact) mass is 758 g/mol. The van der Waals surface area contributed by atoms with E-state index in [1.807, 2.05) is 54.6 Å². The van der Waals surface area contributed by atoms with Crippen molar-refractivity contribution in [1.82, 2.24) is 29.3 Å². The Labute approximate surface area is 317 Å². The molecule has 1 saturated heterocycles. The maximum atomic E-state index is 13.7. The van der Waals surface area contributed by atoms with Gasteiger partial charge in [0.25, 0.3) is 5.91 Å². The molecule has 4 heterocycles. The largest absolute Gasteiger partial charge is 0.497 e. The number of nitrogens with one attached hydrogen (secondary N) is 1. The number of carbonyl (C=O) groups is 2. The molecule has 16 heteroatoms. The van der Waals surface area contributed by atoms with Crippen molar-refractivity contribution in [2.24, 2.45) is 5.73 Å². The zero-order chi connectivity index (χ0) is 38.0. The number of H-pyrrole nitrogens is 1. The van der Waals surface area contributed by atoms with Gasteiger partial charge in [-0.1, -0.05) is 37.6 Å². The first kappa shape index (κ1) is 38.1. The van der Waals surface area contributed by atoms with E-state index in [1.165, 1.54) is 0 Å². The van der Waals surface area contributed by atoms with Crippen LogP contribution >= 0.6 is 11.3 Å². The Bertz CT molecular complexity index is 2020. The van der Waals surface area contributed by atoms with Gasteiger partial charge in [0.15, 0.2) is 18.1 Å². The van der Waals surface area contributed by atoms with E-state index in [0.717, 1.165) is 45.2 Å². The number of aromatic nitrogens is 4. The number of hydrogen-bond donors (Lipinski definition) is 2. The molecule has 0 spiro atoms. The molecule has 0 unspecified atom stereocenters. The number of fused-ring (bicyclic) bond motifs is 1. The number of benzene rings is 2. The number of hydrogen-bond acceptors (Lipinski definition) is 12. The summed E-state index contributed by atoms with van der Waals surface area (Å²) in [6.45, 7) is 6.62. The van der Waals surface area contributed by atoms with E-state index in [0.29, 0.717) is 75.9 Å². The van der Waals surface area contributed by atoms with Gasteiger partial charge in [-0.25, -0.2) is 9.59 Å². The second-order valence-corrected chi connectivity index (χ2v) is 14.2. The number of nitrogens with two attached hydrogens (primary N) is 1. The molecule has 3 N–H and O–H groups in total. The molecule has 0 atom stereocenters. The third-order valence-electron chi connectivity index (χ3n) is 9.15. The molecule has 0 saturated carbocycles. The lowest BCUT2D eigenvalue weighted by Crippen LogP contribution is -2.49. The summed E-state index contributed by atoms with van der Waals surface area (Å²) in [5.74, 6) is 1.82. The molecular formula is C38H46N8O7S. The molecule has 0 aliphatic carbocycles. The number of methoxy groups -OCH3 is 2. The quantitative estimate of drug-likeness (QED) is 0.129. The second kappa shape index (κ2) is 17.9. The molecule has 5 aromatic rings. The maximum Gasteiger partial charge on any atom is 0.405 e. The lowest BCUT2D eigenvalue weighted by Gasteiger charge is -2.34. The number of amides is 2. The van der Waals surface area contributed by atoms with E-state index in [4.69, 9.17) is 29.9 Å². The van der Waals surface area contributed by atoms with Crippen LogP contribution in [0.1, 0.15) is 40.6 Å². The van der Waals surface area contributed by atoms with Crippen molar-refractivity contribution in [2.75, 3.05) is 58.5 Å². The molecule has 0 bridgehead atoms. The molecule has 286 valence electrons. The summed E-state index contributed by atoms with van der Waals surface area (Å²) < 4.78 is 23.2. The van der Waals surface area contributed by atoms with E-state index in [1.54, 1.807) is 35.0 Å². The van der Waals surface area contributed by atoms with Crippen molar-refractivity contribution in [1.29, 1.82) is 0 Å². The van der Waals surface area contributed by atoms with Crippen LogP contribution in [-0.4, -0.2) is 94.9 Å². The summed E-state index contributed by atoms with van der Waals surface area (Å²) in [7, 11) is 3.28. The van der Waals surface area contributed by atoms with Gasteiger partial charge in [0.2, 0.25) is 0 Å². The number of primary amides is 1. The number of carbonyl (C=O) groups excluding carboxylic acids is 2. The molecule has 1 fully saturated rings. The predicted octanol–water partition coefficient (Wildman–Crippen LogP) is 4.37. The number of piperazine rings is 1. The molecule has 0 radical (unpaired) electrons. The summed E-state index contributed by atoms with van der Waals surface area (Å²) >= 11 is 1.63. The van der Waals surface area contributed by atoms with Crippen LogP contribution in [0.25, 0.3) is 11.2 Å². The Balaban J connectivity index is 1.26. The van der Waals surface area contributed by atoms with Crippen molar-refractivity contribution in [3.8, 4) is 17.5 Å². The van der Waals surface area contributed by atoms with Crippen LogP contribution in [0.2, 0.25) is 0 Å². The molecule has 2 amide bonds. The van der Waals surface area contributed by atoms with E-state index in [9.17, 15) is 14.4 Å². The van der Waals surface area contributed by atoms with Crippen LogP contribution in [-0.2, 0) is 35.7 Å². The maximum absolute atomic E-state index is 13.7. The normalized spacial score (nSPS) is 13.2. The van der Waals surface area contributed by atoms with Gasteiger partial charge in [0.1, 0.15) is 17.0 Å². The van der Waals surface area contributed by atoms with E-state index >= 15 is 0 Å². The molecule has 2 aromatic carbocycles. The Morgan fingerprint density at radius 3 is 2.06 bits per heavy atom. The SMILES string of the molecule is CCCCOc1nc(N(Cc2ccc(OC)cc2)Cc2ccc(OC)cc2)c2[nH]c(=O)n(Cc3ccc(CN4CCN(C(=O)COC(N)=O)CC4)s3)c2n1. The Kier molecular flexibility index (Phi) is 12.7. The molecule has 3 aromatic heterocycles. The minimum absolute atomic E-state index is 0.207. The average Bonchev–Trinajstić information content (AvgIpc) is 3.76. The van der Waals surface area contributed by atoms with Crippen molar-refractivity contribution in [3.63, 3.8) is 0 Å². The molecule has 1 aliphatic rings. The third kappa shape index (κ3) is 9.68. The van der Waals surface area contributed by atoms with Crippen molar-refractivity contribution in [3.05, 3.63) is 92.0 Å². The predicted molar refractivity (Wildman–Crippen MR) is 205 cm³/mol. The van der Waals surface area contributed by atoms with Gasteiger partial charge in [0.05, 0.1) is 27.4 Å². The fourth-order valence-electron chi connectivity index (χ4n) is 6.20. The minimum atomic E-state index is -0.963. The number of rotatable bonds is 17. The average molecular weight is 759 g/mol. The first-order valence-electron chi connectivity index (χ1n) is 17.9. The van der Waals surface area contributed by atoms with Gasteiger partial charge in [-0.15, -0.1) is 11.3 Å². The van der Waals surface area contributed by atoms with Gasteiger partial charge in [-0.05, 0) is 53.9 Å². The van der Waals surface area contributed by atoms with Crippen LogP contribution in [0.4, 0.5) is 10.6 Å². The van der Waals surface area contributed by atoms with Gasteiger partial charge in [0, 0.05) is 55.6 Å².